The Morgan fingerprint density at radius 2 is 0.822 bits per heavy atom. The molecule has 0 saturated heterocycles. The van der Waals surface area contributed by atoms with Gasteiger partial charge in [0.25, 0.3) is 0 Å². The third kappa shape index (κ3) is 5.82. The van der Waals surface area contributed by atoms with Gasteiger partial charge in [0.05, 0.1) is 5.69 Å². The number of ketones is 1. The molecule has 7 aromatic carbocycles. The second kappa shape index (κ2) is 12.7. The number of para-hydroxylation sites is 2. The molecule has 0 bridgehead atoms. The number of hydrogen-bond acceptors (Lipinski definition) is 2. The first-order valence-electron chi connectivity index (χ1n) is 15.2. The highest BCUT2D eigenvalue weighted by Gasteiger charge is 2.23. The quantitative estimate of drug-likeness (QED) is 0.167. The van der Waals surface area contributed by atoms with E-state index >= 15 is 0 Å². The summed E-state index contributed by atoms with van der Waals surface area (Å²) in [7, 11) is 0. The first kappa shape index (κ1) is 27.8. The van der Waals surface area contributed by atoms with Crippen LogP contribution in [-0.4, -0.2) is 5.78 Å². The molecule has 0 saturated carbocycles. The van der Waals surface area contributed by atoms with Gasteiger partial charge >= 0.3 is 0 Å². The molecule has 0 fully saturated rings. The molecule has 0 heterocycles. The normalized spacial score (nSPS) is 10.8. The Kier molecular flexibility index (Phi) is 7.86. The Morgan fingerprint density at radius 1 is 0.356 bits per heavy atom. The molecule has 0 radical (unpaired) electrons. The van der Waals surface area contributed by atoms with Gasteiger partial charge in [-0.2, -0.15) is 0 Å². The summed E-state index contributed by atoms with van der Waals surface area (Å²) in [4.78, 5) is 16.3. The molecule has 0 spiro atoms. The first-order chi connectivity index (χ1) is 22.3. The smallest absolute Gasteiger partial charge is 0.193 e. The zero-order valence-corrected chi connectivity index (χ0v) is 24.8. The summed E-state index contributed by atoms with van der Waals surface area (Å²) in [5.74, 6) is -0.0118. The molecule has 0 unspecified atom stereocenters. The molecule has 45 heavy (non-hydrogen) atoms. The monoisotopic (exact) mass is 577 g/mol. The predicted molar refractivity (Wildman–Crippen MR) is 187 cm³/mol. The van der Waals surface area contributed by atoms with Crippen LogP contribution in [-0.2, 0) is 0 Å². The maximum atomic E-state index is 14.0. The van der Waals surface area contributed by atoms with Crippen LogP contribution in [0, 0.1) is 0 Å². The molecular weight excluding hydrogens is 546 g/mol. The van der Waals surface area contributed by atoms with Crippen molar-refractivity contribution in [1.29, 1.82) is 0 Å². The Labute approximate surface area is 264 Å². The average Bonchev–Trinajstić information content (AvgIpc) is 3.13. The Bertz CT molecular complexity index is 1980. The van der Waals surface area contributed by atoms with Gasteiger partial charge in [-0.1, -0.05) is 158 Å². The number of hydrogen-bond donors (Lipinski definition) is 0. The van der Waals surface area contributed by atoms with Gasteiger partial charge in [-0.25, -0.2) is 0 Å². The minimum absolute atomic E-state index is 0.0118. The number of carbonyl (C=O) groups excluding carboxylic acids is 1. The average molecular weight is 578 g/mol. The van der Waals surface area contributed by atoms with E-state index in [-0.39, 0.29) is 5.78 Å². The Morgan fingerprint density at radius 3 is 1.36 bits per heavy atom. The van der Waals surface area contributed by atoms with Gasteiger partial charge in [0.15, 0.2) is 5.78 Å². The van der Waals surface area contributed by atoms with E-state index in [4.69, 9.17) is 0 Å². The van der Waals surface area contributed by atoms with E-state index in [1.165, 1.54) is 0 Å². The van der Waals surface area contributed by atoms with Crippen LogP contribution < -0.4 is 4.90 Å². The van der Waals surface area contributed by atoms with Crippen molar-refractivity contribution in [3.05, 3.63) is 199 Å². The second-order valence-corrected chi connectivity index (χ2v) is 10.9. The van der Waals surface area contributed by atoms with E-state index < -0.39 is 0 Å². The lowest BCUT2D eigenvalue weighted by Crippen LogP contribution is -2.14. The standard InChI is InChI=1S/C43H31NO/c45-43(35-23-12-4-13-24-35)37-29-36(32-17-6-1-7-18-32)30-39(31-37)44(38-25-14-5-15-26-38)42-40(33-19-8-2-9-20-33)27-16-28-41(42)34-21-10-3-11-22-34/h1-31H. The van der Waals surface area contributed by atoms with Crippen LogP contribution in [0.2, 0.25) is 0 Å². The third-order valence-corrected chi connectivity index (χ3v) is 8.02. The van der Waals surface area contributed by atoms with E-state index in [0.29, 0.717) is 11.1 Å². The number of anilines is 3. The number of nitrogens with zero attached hydrogens (tertiary/aromatic N) is 1. The van der Waals surface area contributed by atoms with Crippen LogP contribution in [0.3, 0.4) is 0 Å². The summed E-state index contributed by atoms with van der Waals surface area (Å²) in [5, 5.41) is 0. The first-order valence-corrected chi connectivity index (χ1v) is 15.2. The van der Waals surface area contributed by atoms with E-state index in [9.17, 15) is 4.79 Å². The maximum absolute atomic E-state index is 14.0. The molecular formula is C43H31NO. The molecule has 0 N–H and O–H groups in total. The van der Waals surface area contributed by atoms with Gasteiger partial charge < -0.3 is 4.90 Å². The van der Waals surface area contributed by atoms with Gasteiger partial charge in [0, 0.05) is 33.6 Å². The third-order valence-electron chi connectivity index (χ3n) is 8.02. The van der Waals surface area contributed by atoms with Crippen molar-refractivity contribution in [3.8, 4) is 33.4 Å². The van der Waals surface area contributed by atoms with Crippen molar-refractivity contribution in [2.75, 3.05) is 4.90 Å². The zero-order valence-electron chi connectivity index (χ0n) is 24.8. The van der Waals surface area contributed by atoms with E-state index in [1.807, 2.05) is 78.9 Å². The highest BCUT2D eigenvalue weighted by molar-refractivity contribution is 6.10. The highest BCUT2D eigenvalue weighted by Crippen LogP contribution is 2.47. The summed E-state index contributed by atoms with van der Waals surface area (Å²) in [5.41, 5.74) is 10.7. The summed E-state index contributed by atoms with van der Waals surface area (Å²) in [6.07, 6.45) is 0. The predicted octanol–water partition coefficient (Wildman–Crippen LogP) is 11.4. The summed E-state index contributed by atoms with van der Waals surface area (Å²) in [6, 6.07) is 64.0. The van der Waals surface area contributed by atoms with Crippen LogP contribution in [0.25, 0.3) is 33.4 Å². The van der Waals surface area contributed by atoms with Crippen LogP contribution in [0.15, 0.2) is 188 Å². The van der Waals surface area contributed by atoms with Gasteiger partial charge in [0.1, 0.15) is 0 Å². The fraction of sp³-hybridized carbons (Fsp3) is 0. The Hall–Kier alpha value is -5.99. The molecule has 2 nitrogen and oxygen atoms in total. The molecule has 0 atom stereocenters. The van der Waals surface area contributed by atoms with Gasteiger partial charge in [-0.05, 0) is 52.6 Å². The molecule has 2 heteroatoms. The fourth-order valence-electron chi connectivity index (χ4n) is 5.89. The van der Waals surface area contributed by atoms with Crippen molar-refractivity contribution in [2.24, 2.45) is 0 Å². The lowest BCUT2D eigenvalue weighted by Gasteiger charge is -2.31. The van der Waals surface area contributed by atoms with Crippen LogP contribution in [0.4, 0.5) is 17.1 Å². The lowest BCUT2D eigenvalue weighted by atomic mass is 9.93. The number of rotatable bonds is 8. The van der Waals surface area contributed by atoms with Gasteiger partial charge in [-0.3, -0.25) is 4.79 Å². The zero-order chi connectivity index (χ0) is 30.4. The highest BCUT2D eigenvalue weighted by atomic mass is 16.1. The van der Waals surface area contributed by atoms with E-state index in [0.717, 1.165) is 50.4 Å². The molecule has 0 aromatic heterocycles. The number of carbonyl (C=O) groups is 1. The molecule has 0 amide bonds. The maximum Gasteiger partial charge on any atom is 0.193 e. The molecule has 7 aromatic rings. The van der Waals surface area contributed by atoms with Crippen LogP contribution >= 0.6 is 0 Å². The molecule has 0 aliphatic rings. The lowest BCUT2D eigenvalue weighted by molar-refractivity contribution is 0.103. The van der Waals surface area contributed by atoms with Crippen molar-refractivity contribution < 1.29 is 4.79 Å². The van der Waals surface area contributed by atoms with Gasteiger partial charge in [-0.15, -0.1) is 0 Å². The van der Waals surface area contributed by atoms with Crippen LogP contribution in [0.1, 0.15) is 15.9 Å². The summed E-state index contributed by atoms with van der Waals surface area (Å²) < 4.78 is 0. The van der Waals surface area contributed by atoms with E-state index in [2.05, 4.69) is 114 Å². The summed E-state index contributed by atoms with van der Waals surface area (Å²) >= 11 is 0. The topological polar surface area (TPSA) is 20.3 Å². The SMILES string of the molecule is O=C(c1ccccc1)c1cc(-c2ccccc2)cc(N(c2ccccc2)c2c(-c3ccccc3)cccc2-c2ccccc2)c1. The molecule has 214 valence electrons. The second-order valence-electron chi connectivity index (χ2n) is 10.9. The Balaban J connectivity index is 1.55. The summed E-state index contributed by atoms with van der Waals surface area (Å²) in [6.45, 7) is 0. The molecule has 0 aliphatic carbocycles. The van der Waals surface area contributed by atoms with Crippen LogP contribution in [0.5, 0.6) is 0 Å². The largest absolute Gasteiger partial charge is 0.309 e. The minimum atomic E-state index is -0.0118. The van der Waals surface area contributed by atoms with E-state index in [1.54, 1.807) is 0 Å². The number of benzene rings is 7. The molecule has 0 aliphatic heterocycles. The van der Waals surface area contributed by atoms with Crippen molar-refractivity contribution in [2.45, 2.75) is 0 Å². The van der Waals surface area contributed by atoms with Crippen molar-refractivity contribution in [3.63, 3.8) is 0 Å². The van der Waals surface area contributed by atoms with Crippen molar-refractivity contribution in [1.82, 2.24) is 0 Å². The fourth-order valence-corrected chi connectivity index (χ4v) is 5.89. The van der Waals surface area contributed by atoms with Gasteiger partial charge in [0.2, 0.25) is 0 Å². The molecule has 7 rings (SSSR count). The van der Waals surface area contributed by atoms with Crippen molar-refractivity contribution >= 4 is 22.8 Å². The minimum Gasteiger partial charge on any atom is -0.309 e.